The lowest BCUT2D eigenvalue weighted by Crippen LogP contribution is -2.16. The van der Waals surface area contributed by atoms with E-state index in [1.54, 1.807) is 0 Å². The molecule has 1 aromatic rings. The van der Waals surface area contributed by atoms with Crippen LogP contribution in [0.2, 0.25) is 0 Å². The Balaban J connectivity index is 1.98. The minimum Gasteiger partial charge on any atom is -0.314 e. The summed E-state index contributed by atoms with van der Waals surface area (Å²) in [6.07, 6.45) is 7.85. The molecule has 4 nitrogen and oxygen atoms in total. The van der Waals surface area contributed by atoms with E-state index in [-0.39, 0.29) is 0 Å². The molecule has 0 atom stereocenters. The van der Waals surface area contributed by atoms with Crippen molar-refractivity contribution in [3.8, 4) is 0 Å². The topological polar surface area (TPSA) is 42.7 Å². The van der Waals surface area contributed by atoms with Crippen LogP contribution < -0.4 is 5.32 Å². The summed E-state index contributed by atoms with van der Waals surface area (Å²) in [5.74, 6) is 1.67. The Morgan fingerprint density at radius 2 is 2.16 bits per heavy atom. The van der Waals surface area contributed by atoms with Crippen molar-refractivity contribution in [2.75, 3.05) is 7.05 Å². The molecule has 1 aliphatic carbocycles. The third-order valence-corrected chi connectivity index (χ3v) is 4.19. The van der Waals surface area contributed by atoms with Gasteiger partial charge in [-0.1, -0.05) is 38.3 Å². The molecule has 1 fully saturated rings. The third-order valence-electron chi connectivity index (χ3n) is 4.19. The zero-order valence-corrected chi connectivity index (χ0v) is 12.7. The van der Waals surface area contributed by atoms with Crippen LogP contribution in [0.4, 0.5) is 0 Å². The molecule has 1 heterocycles. The van der Waals surface area contributed by atoms with Gasteiger partial charge in [-0.05, 0) is 38.1 Å². The van der Waals surface area contributed by atoms with Crippen LogP contribution in [0.15, 0.2) is 0 Å². The summed E-state index contributed by atoms with van der Waals surface area (Å²) >= 11 is 0. The van der Waals surface area contributed by atoms with Gasteiger partial charge in [0.1, 0.15) is 0 Å². The van der Waals surface area contributed by atoms with Gasteiger partial charge in [0.05, 0.1) is 11.4 Å². The standard InChI is InChI=1S/C15H28N4/c1-12(2)7-8-15-14(11-16-3)17-18-19(15)10-9-13-5-4-6-13/h12-13,16H,4-11H2,1-3H3. The SMILES string of the molecule is CNCc1nnn(CCC2CCC2)c1CCC(C)C. The summed E-state index contributed by atoms with van der Waals surface area (Å²) in [4.78, 5) is 0. The van der Waals surface area contributed by atoms with Crippen molar-refractivity contribution < 1.29 is 0 Å². The quantitative estimate of drug-likeness (QED) is 0.785. The molecule has 0 amide bonds. The van der Waals surface area contributed by atoms with Crippen LogP contribution >= 0.6 is 0 Å². The normalized spacial score (nSPS) is 16.0. The minimum absolute atomic E-state index is 0.734. The van der Waals surface area contributed by atoms with Gasteiger partial charge in [0.15, 0.2) is 0 Å². The van der Waals surface area contributed by atoms with Crippen molar-refractivity contribution in [2.24, 2.45) is 11.8 Å². The van der Waals surface area contributed by atoms with E-state index in [0.717, 1.165) is 37.0 Å². The Kier molecular flexibility index (Phi) is 5.37. The molecule has 0 bridgehead atoms. The number of nitrogens with one attached hydrogen (secondary N) is 1. The molecule has 1 aromatic heterocycles. The largest absolute Gasteiger partial charge is 0.314 e. The number of aryl methyl sites for hydroxylation is 1. The lowest BCUT2D eigenvalue weighted by atomic mass is 9.83. The van der Waals surface area contributed by atoms with E-state index < -0.39 is 0 Å². The molecule has 108 valence electrons. The van der Waals surface area contributed by atoms with Gasteiger partial charge in [0.25, 0.3) is 0 Å². The lowest BCUT2D eigenvalue weighted by Gasteiger charge is -2.25. The number of aromatic nitrogens is 3. The van der Waals surface area contributed by atoms with E-state index in [4.69, 9.17) is 0 Å². The molecule has 0 aliphatic heterocycles. The first-order valence-corrected chi connectivity index (χ1v) is 7.76. The molecule has 0 saturated heterocycles. The van der Waals surface area contributed by atoms with Crippen LogP contribution in [0.25, 0.3) is 0 Å². The van der Waals surface area contributed by atoms with Crippen molar-refractivity contribution in [3.05, 3.63) is 11.4 Å². The van der Waals surface area contributed by atoms with Gasteiger partial charge < -0.3 is 5.32 Å². The monoisotopic (exact) mass is 264 g/mol. The third kappa shape index (κ3) is 4.03. The minimum atomic E-state index is 0.734. The average molecular weight is 264 g/mol. The number of hydrogen-bond acceptors (Lipinski definition) is 3. The average Bonchev–Trinajstić information content (AvgIpc) is 2.68. The highest BCUT2D eigenvalue weighted by Gasteiger charge is 2.19. The fourth-order valence-electron chi connectivity index (χ4n) is 2.64. The highest BCUT2D eigenvalue weighted by Crippen LogP contribution is 2.29. The molecule has 2 rings (SSSR count). The van der Waals surface area contributed by atoms with Gasteiger partial charge in [0, 0.05) is 13.1 Å². The van der Waals surface area contributed by atoms with E-state index in [1.165, 1.54) is 37.8 Å². The maximum Gasteiger partial charge on any atom is 0.0996 e. The number of rotatable bonds is 8. The first-order chi connectivity index (χ1) is 9.20. The van der Waals surface area contributed by atoms with E-state index in [0.29, 0.717) is 0 Å². The Morgan fingerprint density at radius 1 is 1.37 bits per heavy atom. The van der Waals surface area contributed by atoms with Gasteiger partial charge in [-0.2, -0.15) is 0 Å². The van der Waals surface area contributed by atoms with E-state index in [9.17, 15) is 0 Å². The fourth-order valence-corrected chi connectivity index (χ4v) is 2.64. The first-order valence-electron chi connectivity index (χ1n) is 7.76. The van der Waals surface area contributed by atoms with Crippen LogP contribution in [-0.4, -0.2) is 22.0 Å². The molecule has 0 radical (unpaired) electrons. The van der Waals surface area contributed by atoms with Gasteiger partial charge in [0.2, 0.25) is 0 Å². The Bertz CT molecular complexity index is 379. The van der Waals surface area contributed by atoms with Crippen molar-refractivity contribution in [2.45, 2.75) is 65.5 Å². The van der Waals surface area contributed by atoms with Crippen molar-refractivity contribution in [3.63, 3.8) is 0 Å². The van der Waals surface area contributed by atoms with Gasteiger partial charge >= 0.3 is 0 Å². The number of nitrogens with zero attached hydrogens (tertiary/aromatic N) is 3. The predicted molar refractivity (Wildman–Crippen MR) is 77.9 cm³/mol. The van der Waals surface area contributed by atoms with Crippen molar-refractivity contribution >= 4 is 0 Å². The summed E-state index contributed by atoms with van der Waals surface area (Å²) in [5.41, 5.74) is 2.49. The zero-order valence-electron chi connectivity index (χ0n) is 12.7. The maximum absolute atomic E-state index is 4.37. The highest BCUT2D eigenvalue weighted by molar-refractivity contribution is 5.10. The Hall–Kier alpha value is -0.900. The van der Waals surface area contributed by atoms with E-state index >= 15 is 0 Å². The van der Waals surface area contributed by atoms with Crippen molar-refractivity contribution in [1.82, 2.24) is 20.3 Å². The van der Waals surface area contributed by atoms with Crippen LogP contribution in [0, 0.1) is 11.8 Å². The van der Waals surface area contributed by atoms with Gasteiger partial charge in [-0.3, -0.25) is 0 Å². The van der Waals surface area contributed by atoms with Crippen LogP contribution in [0.1, 0.15) is 57.3 Å². The first kappa shape index (κ1) is 14.5. The Morgan fingerprint density at radius 3 is 2.74 bits per heavy atom. The second kappa shape index (κ2) is 7.04. The molecular weight excluding hydrogens is 236 g/mol. The predicted octanol–water partition coefficient (Wildman–Crippen LogP) is 2.78. The summed E-state index contributed by atoms with van der Waals surface area (Å²) in [5, 5.41) is 11.9. The lowest BCUT2D eigenvalue weighted by molar-refractivity contribution is 0.275. The smallest absolute Gasteiger partial charge is 0.0996 e. The van der Waals surface area contributed by atoms with Crippen LogP contribution in [0.3, 0.4) is 0 Å². The molecule has 4 heteroatoms. The molecular formula is C15H28N4. The molecule has 1 N–H and O–H groups in total. The van der Waals surface area contributed by atoms with Gasteiger partial charge in [-0.25, -0.2) is 4.68 Å². The summed E-state index contributed by atoms with van der Waals surface area (Å²) in [6.45, 7) is 6.44. The second-order valence-corrected chi connectivity index (χ2v) is 6.25. The highest BCUT2D eigenvalue weighted by atomic mass is 15.4. The summed E-state index contributed by atoms with van der Waals surface area (Å²) in [7, 11) is 1.97. The molecule has 1 aliphatic rings. The number of hydrogen-bond donors (Lipinski definition) is 1. The summed E-state index contributed by atoms with van der Waals surface area (Å²) < 4.78 is 2.16. The molecule has 1 saturated carbocycles. The molecule has 0 aromatic carbocycles. The van der Waals surface area contributed by atoms with E-state index in [1.807, 2.05) is 7.05 Å². The second-order valence-electron chi connectivity index (χ2n) is 6.25. The fraction of sp³-hybridized carbons (Fsp3) is 0.867. The maximum atomic E-state index is 4.37. The molecule has 0 unspecified atom stereocenters. The molecule has 19 heavy (non-hydrogen) atoms. The molecule has 0 spiro atoms. The zero-order chi connectivity index (χ0) is 13.7. The van der Waals surface area contributed by atoms with E-state index in [2.05, 4.69) is 34.2 Å². The Labute approximate surface area is 117 Å². The van der Waals surface area contributed by atoms with Crippen LogP contribution in [0.5, 0.6) is 0 Å². The summed E-state index contributed by atoms with van der Waals surface area (Å²) in [6, 6.07) is 0. The van der Waals surface area contributed by atoms with Crippen LogP contribution in [-0.2, 0) is 19.5 Å². The van der Waals surface area contributed by atoms with Crippen molar-refractivity contribution in [1.29, 1.82) is 0 Å². The van der Waals surface area contributed by atoms with Gasteiger partial charge in [-0.15, -0.1) is 5.10 Å².